The van der Waals surface area contributed by atoms with E-state index in [4.69, 9.17) is 5.11 Å². The Hall–Kier alpha value is -1.93. The standard InChI is InChI=1S/C15H20N2O5S/c1-10(2)17(9-15(19)20)23(21,22)13-5-4-12-6-7-16(11(3)18)14(12)8-13/h4-5,8,10H,6-7,9H2,1-3H3,(H,19,20). The highest BCUT2D eigenvalue weighted by Gasteiger charge is 2.31. The summed E-state index contributed by atoms with van der Waals surface area (Å²) in [4.78, 5) is 24.1. The molecule has 0 bridgehead atoms. The lowest BCUT2D eigenvalue weighted by atomic mass is 10.2. The molecule has 0 aliphatic carbocycles. The number of benzene rings is 1. The van der Waals surface area contributed by atoms with Crippen molar-refractivity contribution in [2.45, 2.75) is 38.1 Å². The fraction of sp³-hybridized carbons (Fsp3) is 0.467. The number of sulfonamides is 1. The fourth-order valence-corrected chi connectivity index (χ4v) is 4.27. The molecule has 1 aromatic carbocycles. The molecule has 8 heteroatoms. The van der Waals surface area contributed by atoms with Crippen LogP contribution in [0.1, 0.15) is 26.3 Å². The highest BCUT2D eigenvalue weighted by molar-refractivity contribution is 7.89. The molecule has 1 aliphatic rings. The van der Waals surface area contributed by atoms with Gasteiger partial charge in [-0.15, -0.1) is 0 Å². The zero-order valence-corrected chi connectivity index (χ0v) is 14.1. The number of hydrogen-bond acceptors (Lipinski definition) is 4. The summed E-state index contributed by atoms with van der Waals surface area (Å²) < 4.78 is 26.4. The fourth-order valence-electron chi connectivity index (χ4n) is 2.66. The van der Waals surface area contributed by atoms with E-state index in [1.165, 1.54) is 24.0 Å². The number of aliphatic carboxylic acids is 1. The molecule has 0 saturated carbocycles. The molecule has 1 amide bonds. The highest BCUT2D eigenvalue weighted by atomic mass is 32.2. The quantitative estimate of drug-likeness (QED) is 0.865. The number of carboxylic acid groups (broad SMARTS) is 1. The summed E-state index contributed by atoms with van der Waals surface area (Å²) in [6, 6.07) is 4.11. The summed E-state index contributed by atoms with van der Waals surface area (Å²) in [6.45, 7) is 4.59. The van der Waals surface area contributed by atoms with Crippen LogP contribution in [0, 0.1) is 0 Å². The summed E-state index contributed by atoms with van der Waals surface area (Å²) >= 11 is 0. The van der Waals surface area contributed by atoms with Crippen molar-refractivity contribution < 1.29 is 23.1 Å². The predicted molar refractivity (Wildman–Crippen MR) is 84.8 cm³/mol. The van der Waals surface area contributed by atoms with Gasteiger partial charge < -0.3 is 10.0 Å². The smallest absolute Gasteiger partial charge is 0.318 e. The number of fused-ring (bicyclic) bond motifs is 1. The van der Waals surface area contributed by atoms with Gasteiger partial charge in [-0.25, -0.2) is 8.42 Å². The minimum Gasteiger partial charge on any atom is -0.480 e. The highest BCUT2D eigenvalue weighted by Crippen LogP contribution is 2.31. The molecule has 0 radical (unpaired) electrons. The summed E-state index contributed by atoms with van der Waals surface area (Å²) in [7, 11) is -3.95. The maximum Gasteiger partial charge on any atom is 0.318 e. The van der Waals surface area contributed by atoms with Crippen molar-refractivity contribution >= 4 is 27.6 Å². The van der Waals surface area contributed by atoms with E-state index in [1.807, 2.05) is 0 Å². The van der Waals surface area contributed by atoms with Crippen LogP contribution in [0.4, 0.5) is 5.69 Å². The molecule has 0 aromatic heterocycles. The largest absolute Gasteiger partial charge is 0.480 e. The van der Waals surface area contributed by atoms with Gasteiger partial charge in [0.1, 0.15) is 6.54 Å². The minimum atomic E-state index is -3.95. The molecule has 1 N–H and O–H groups in total. The Bertz CT molecular complexity index is 742. The van der Waals surface area contributed by atoms with Gasteiger partial charge in [0.25, 0.3) is 0 Å². The van der Waals surface area contributed by atoms with Crippen LogP contribution in [0.25, 0.3) is 0 Å². The molecule has 0 atom stereocenters. The van der Waals surface area contributed by atoms with Gasteiger partial charge in [-0.1, -0.05) is 6.07 Å². The summed E-state index contributed by atoms with van der Waals surface area (Å²) in [5.41, 5.74) is 1.49. The van der Waals surface area contributed by atoms with Crippen LogP contribution in [0.2, 0.25) is 0 Å². The monoisotopic (exact) mass is 340 g/mol. The number of anilines is 1. The molecule has 2 rings (SSSR count). The van der Waals surface area contributed by atoms with E-state index in [0.717, 1.165) is 9.87 Å². The Morgan fingerprint density at radius 2 is 2.00 bits per heavy atom. The van der Waals surface area contributed by atoms with Crippen molar-refractivity contribution in [3.63, 3.8) is 0 Å². The average Bonchev–Trinajstić information content (AvgIpc) is 2.87. The molecule has 0 fully saturated rings. The van der Waals surface area contributed by atoms with Gasteiger partial charge in [0.15, 0.2) is 0 Å². The molecular weight excluding hydrogens is 320 g/mol. The van der Waals surface area contributed by atoms with Crippen LogP contribution in [0.5, 0.6) is 0 Å². The van der Waals surface area contributed by atoms with Crippen molar-refractivity contribution in [1.29, 1.82) is 0 Å². The van der Waals surface area contributed by atoms with Crippen molar-refractivity contribution in [3.05, 3.63) is 23.8 Å². The molecule has 0 saturated heterocycles. The molecule has 1 aliphatic heterocycles. The minimum absolute atomic E-state index is 0.000602. The van der Waals surface area contributed by atoms with E-state index in [1.54, 1.807) is 19.9 Å². The zero-order chi connectivity index (χ0) is 17.4. The number of carboxylic acids is 1. The maximum absolute atomic E-state index is 12.7. The van der Waals surface area contributed by atoms with E-state index in [9.17, 15) is 18.0 Å². The average molecular weight is 340 g/mol. The number of rotatable bonds is 5. The second kappa shape index (κ2) is 6.29. The number of nitrogens with zero attached hydrogens (tertiary/aromatic N) is 2. The maximum atomic E-state index is 12.7. The Labute approximate surface area is 135 Å². The third-order valence-electron chi connectivity index (χ3n) is 3.81. The van der Waals surface area contributed by atoms with Gasteiger partial charge in [0, 0.05) is 25.2 Å². The number of hydrogen-bond donors (Lipinski definition) is 1. The van der Waals surface area contributed by atoms with Gasteiger partial charge in [-0.3, -0.25) is 9.59 Å². The van der Waals surface area contributed by atoms with Crippen molar-refractivity contribution in [3.8, 4) is 0 Å². The second-order valence-corrected chi connectivity index (χ2v) is 7.64. The van der Waals surface area contributed by atoms with Gasteiger partial charge in [-0.05, 0) is 38.0 Å². The molecule has 7 nitrogen and oxygen atoms in total. The van der Waals surface area contributed by atoms with E-state index in [2.05, 4.69) is 0 Å². The Balaban J connectivity index is 2.47. The first-order valence-corrected chi connectivity index (χ1v) is 8.73. The molecule has 126 valence electrons. The topological polar surface area (TPSA) is 95.0 Å². The van der Waals surface area contributed by atoms with Crippen LogP contribution >= 0.6 is 0 Å². The Morgan fingerprint density at radius 3 is 2.52 bits per heavy atom. The van der Waals surface area contributed by atoms with Crippen LogP contribution in [0.15, 0.2) is 23.1 Å². The van der Waals surface area contributed by atoms with E-state index >= 15 is 0 Å². The molecular formula is C15H20N2O5S. The van der Waals surface area contributed by atoms with Crippen LogP contribution in [-0.2, 0) is 26.0 Å². The molecule has 1 aromatic rings. The van der Waals surface area contributed by atoms with Crippen LogP contribution in [-0.4, -0.2) is 48.8 Å². The van der Waals surface area contributed by atoms with E-state index in [-0.39, 0.29) is 10.8 Å². The number of carbonyl (C=O) groups is 2. The normalized spacial score (nSPS) is 14.4. The van der Waals surface area contributed by atoms with Gasteiger partial charge in [-0.2, -0.15) is 4.31 Å². The number of carbonyl (C=O) groups excluding carboxylic acids is 1. The summed E-state index contributed by atoms with van der Waals surface area (Å²) in [5.74, 6) is -1.36. The first-order chi connectivity index (χ1) is 10.6. The van der Waals surface area contributed by atoms with E-state index in [0.29, 0.717) is 18.7 Å². The third kappa shape index (κ3) is 3.37. The van der Waals surface area contributed by atoms with Gasteiger partial charge >= 0.3 is 5.97 Å². The van der Waals surface area contributed by atoms with Crippen molar-refractivity contribution in [2.75, 3.05) is 18.0 Å². The zero-order valence-electron chi connectivity index (χ0n) is 13.3. The number of amides is 1. The van der Waals surface area contributed by atoms with Crippen LogP contribution < -0.4 is 4.90 Å². The van der Waals surface area contributed by atoms with Gasteiger partial charge in [0.05, 0.1) is 4.90 Å². The summed E-state index contributed by atoms with van der Waals surface area (Å²) in [6.07, 6.45) is 0.679. The first-order valence-electron chi connectivity index (χ1n) is 7.29. The third-order valence-corrected chi connectivity index (χ3v) is 5.82. The van der Waals surface area contributed by atoms with Crippen molar-refractivity contribution in [1.82, 2.24) is 4.31 Å². The predicted octanol–water partition coefficient (Wildman–Crippen LogP) is 1.08. The lowest BCUT2D eigenvalue weighted by molar-refractivity contribution is -0.137. The first kappa shape index (κ1) is 17.4. The van der Waals surface area contributed by atoms with Crippen molar-refractivity contribution in [2.24, 2.45) is 0 Å². The lowest BCUT2D eigenvalue weighted by Gasteiger charge is -2.24. The molecule has 0 unspecified atom stereocenters. The molecule has 1 heterocycles. The Morgan fingerprint density at radius 1 is 1.35 bits per heavy atom. The Kier molecular flexibility index (Phi) is 4.76. The van der Waals surface area contributed by atoms with E-state index < -0.39 is 28.6 Å². The molecule has 0 spiro atoms. The molecule has 23 heavy (non-hydrogen) atoms. The lowest BCUT2D eigenvalue weighted by Crippen LogP contribution is -2.40. The second-order valence-electron chi connectivity index (χ2n) is 5.75. The van der Waals surface area contributed by atoms with Crippen LogP contribution in [0.3, 0.4) is 0 Å². The van der Waals surface area contributed by atoms with Gasteiger partial charge in [0.2, 0.25) is 15.9 Å². The SMILES string of the molecule is CC(=O)N1CCc2ccc(S(=O)(=O)N(CC(=O)O)C(C)C)cc21. The summed E-state index contributed by atoms with van der Waals surface area (Å²) in [5, 5.41) is 8.95.